The molecule has 0 aliphatic rings. The first kappa shape index (κ1) is 18.8. The minimum absolute atomic E-state index is 0.269. The number of carbonyl (C=O) groups is 1. The Labute approximate surface area is 158 Å². The Hall–Kier alpha value is -2.95. The van der Waals surface area contributed by atoms with Gasteiger partial charge < -0.3 is 18.6 Å². The highest BCUT2D eigenvalue weighted by atomic mass is 16.5. The predicted octanol–water partition coefficient (Wildman–Crippen LogP) is 5.36. The van der Waals surface area contributed by atoms with E-state index in [1.807, 2.05) is 51.1 Å². The third kappa shape index (κ3) is 4.25. The molecule has 0 amide bonds. The summed E-state index contributed by atoms with van der Waals surface area (Å²) in [5, 5.41) is 0.819. The number of carbonyl (C=O) groups excluding carboxylic acids is 1. The summed E-state index contributed by atoms with van der Waals surface area (Å²) in [6.07, 6.45) is 2.28. The molecule has 27 heavy (non-hydrogen) atoms. The van der Waals surface area contributed by atoms with E-state index in [9.17, 15) is 4.79 Å². The van der Waals surface area contributed by atoms with E-state index in [2.05, 4.69) is 0 Å². The summed E-state index contributed by atoms with van der Waals surface area (Å²) in [5.41, 5.74) is 1.07. The van der Waals surface area contributed by atoms with Gasteiger partial charge in [-0.3, -0.25) is 4.79 Å². The highest BCUT2D eigenvalue weighted by molar-refractivity contribution is 5.86. The number of ether oxygens (including phenoxy) is 3. The fraction of sp³-hybridized carbons (Fsp3) is 0.318. The zero-order valence-electron chi connectivity index (χ0n) is 16.1. The number of esters is 1. The highest BCUT2D eigenvalue weighted by Gasteiger charge is 2.28. The smallest absolute Gasteiger partial charge is 0.316 e. The molecule has 0 saturated carbocycles. The van der Waals surface area contributed by atoms with Crippen LogP contribution in [-0.4, -0.2) is 13.1 Å². The molecular weight excluding hydrogens is 344 g/mol. The number of methoxy groups -OCH3 is 1. The minimum Gasteiger partial charge on any atom is -0.497 e. The number of furan rings is 1. The van der Waals surface area contributed by atoms with Crippen LogP contribution < -0.4 is 14.2 Å². The van der Waals surface area contributed by atoms with E-state index < -0.39 is 5.41 Å². The maximum atomic E-state index is 12.4. The summed E-state index contributed by atoms with van der Waals surface area (Å²) >= 11 is 0. The molecule has 5 nitrogen and oxygen atoms in total. The second kappa shape index (κ2) is 7.74. The van der Waals surface area contributed by atoms with Gasteiger partial charge >= 0.3 is 5.97 Å². The summed E-state index contributed by atoms with van der Waals surface area (Å²) in [6, 6.07) is 12.9. The third-order valence-corrected chi connectivity index (χ3v) is 4.69. The Kier molecular flexibility index (Phi) is 5.40. The molecule has 0 radical (unpaired) electrons. The van der Waals surface area contributed by atoms with Crippen molar-refractivity contribution in [3.63, 3.8) is 0 Å². The van der Waals surface area contributed by atoms with Gasteiger partial charge in [0.1, 0.15) is 18.1 Å². The summed E-state index contributed by atoms with van der Waals surface area (Å²) in [5.74, 6) is 1.50. The van der Waals surface area contributed by atoms with Gasteiger partial charge in [-0.15, -0.1) is 0 Å². The average molecular weight is 368 g/mol. The second-order valence-electron chi connectivity index (χ2n) is 7.02. The summed E-state index contributed by atoms with van der Waals surface area (Å²) in [7, 11) is 1.63. The Morgan fingerprint density at radius 1 is 1.07 bits per heavy atom. The average Bonchev–Trinajstić information content (AvgIpc) is 3.15. The summed E-state index contributed by atoms with van der Waals surface area (Å²) in [4.78, 5) is 12.4. The van der Waals surface area contributed by atoms with Crippen LogP contribution in [0, 0.1) is 5.41 Å². The normalized spacial score (nSPS) is 11.4. The molecule has 0 N–H and O–H groups in total. The van der Waals surface area contributed by atoms with Gasteiger partial charge in [-0.25, -0.2) is 0 Å². The maximum absolute atomic E-state index is 12.4. The minimum atomic E-state index is -0.546. The molecule has 0 unspecified atom stereocenters. The van der Waals surface area contributed by atoms with E-state index in [1.165, 1.54) is 0 Å². The Morgan fingerprint density at radius 3 is 2.48 bits per heavy atom. The van der Waals surface area contributed by atoms with E-state index in [-0.39, 0.29) is 5.97 Å². The number of rotatable bonds is 7. The standard InChI is InChI=1S/C22H24O5/c1-5-22(2,3)21(23)27-18-12-16-10-11-25-20(16)19(13-18)26-14-15-6-8-17(24-4)9-7-15/h6-13H,5,14H2,1-4H3. The molecule has 0 saturated heterocycles. The highest BCUT2D eigenvalue weighted by Crippen LogP contribution is 2.34. The number of hydrogen-bond donors (Lipinski definition) is 0. The van der Waals surface area contributed by atoms with Crippen molar-refractivity contribution in [1.82, 2.24) is 0 Å². The lowest BCUT2D eigenvalue weighted by Crippen LogP contribution is -2.28. The monoisotopic (exact) mass is 368 g/mol. The first-order valence-electron chi connectivity index (χ1n) is 8.92. The van der Waals surface area contributed by atoms with Crippen molar-refractivity contribution < 1.29 is 23.4 Å². The first-order chi connectivity index (χ1) is 12.9. The molecule has 0 aliphatic heterocycles. The van der Waals surface area contributed by atoms with Gasteiger partial charge in [0.25, 0.3) is 0 Å². The lowest BCUT2D eigenvalue weighted by Gasteiger charge is -2.20. The lowest BCUT2D eigenvalue weighted by molar-refractivity contribution is -0.144. The first-order valence-corrected chi connectivity index (χ1v) is 8.92. The van der Waals surface area contributed by atoms with Crippen molar-refractivity contribution >= 4 is 16.9 Å². The quantitative estimate of drug-likeness (QED) is 0.415. The number of hydrogen-bond acceptors (Lipinski definition) is 5. The molecule has 142 valence electrons. The van der Waals surface area contributed by atoms with Crippen molar-refractivity contribution in [2.45, 2.75) is 33.8 Å². The Bertz CT molecular complexity index is 922. The van der Waals surface area contributed by atoms with Crippen LogP contribution in [0.15, 0.2) is 53.1 Å². The fourth-order valence-electron chi connectivity index (χ4n) is 2.46. The van der Waals surface area contributed by atoms with Gasteiger partial charge in [-0.1, -0.05) is 19.1 Å². The van der Waals surface area contributed by atoms with Crippen LogP contribution in [0.4, 0.5) is 0 Å². The third-order valence-electron chi connectivity index (χ3n) is 4.69. The molecule has 1 heterocycles. The summed E-state index contributed by atoms with van der Waals surface area (Å²) in [6.45, 7) is 6.06. The van der Waals surface area contributed by atoms with Crippen LogP contribution in [-0.2, 0) is 11.4 Å². The molecule has 2 aromatic carbocycles. The van der Waals surface area contributed by atoms with E-state index in [1.54, 1.807) is 25.5 Å². The largest absolute Gasteiger partial charge is 0.497 e. The molecule has 0 aliphatic carbocycles. The molecule has 3 rings (SSSR count). The second-order valence-corrected chi connectivity index (χ2v) is 7.02. The van der Waals surface area contributed by atoms with Crippen LogP contribution >= 0.6 is 0 Å². The van der Waals surface area contributed by atoms with Crippen LogP contribution in [0.5, 0.6) is 17.2 Å². The molecule has 5 heteroatoms. The Balaban J connectivity index is 1.81. The molecule has 0 bridgehead atoms. The zero-order chi connectivity index (χ0) is 19.4. The fourth-order valence-corrected chi connectivity index (χ4v) is 2.46. The van der Waals surface area contributed by atoms with Gasteiger partial charge in [0.15, 0.2) is 11.3 Å². The van der Waals surface area contributed by atoms with Gasteiger partial charge in [0.05, 0.1) is 18.8 Å². The SMILES string of the molecule is CCC(C)(C)C(=O)Oc1cc(OCc2ccc(OC)cc2)c2occc2c1. The van der Waals surface area contributed by atoms with Crippen molar-refractivity contribution in [1.29, 1.82) is 0 Å². The molecule has 0 atom stereocenters. The van der Waals surface area contributed by atoms with Crippen LogP contribution in [0.3, 0.4) is 0 Å². The lowest BCUT2D eigenvalue weighted by atomic mass is 9.91. The molecule has 0 spiro atoms. The molecular formula is C22H24O5. The zero-order valence-corrected chi connectivity index (χ0v) is 16.1. The van der Waals surface area contributed by atoms with Crippen molar-refractivity contribution in [3.8, 4) is 17.2 Å². The van der Waals surface area contributed by atoms with Gasteiger partial charge in [-0.05, 0) is 50.1 Å². The topological polar surface area (TPSA) is 57.9 Å². The van der Waals surface area contributed by atoms with Crippen LogP contribution in [0.2, 0.25) is 0 Å². The van der Waals surface area contributed by atoms with Crippen LogP contribution in [0.1, 0.15) is 32.8 Å². The van der Waals surface area contributed by atoms with Gasteiger partial charge in [0.2, 0.25) is 0 Å². The molecule has 1 aromatic heterocycles. The van der Waals surface area contributed by atoms with Crippen molar-refractivity contribution in [3.05, 3.63) is 54.3 Å². The maximum Gasteiger partial charge on any atom is 0.316 e. The van der Waals surface area contributed by atoms with E-state index in [4.69, 9.17) is 18.6 Å². The van der Waals surface area contributed by atoms with E-state index >= 15 is 0 Å². The van der Waals surface area contributed by atoms with Gasteiger partial charge in [-0.2, -0.15) is 0 Å². The van der Waals surface area contributed by atoms with Crippen molar-refractivity contribution in [2.75, 3.05) is 7.11 Å². The number of benzene rings is 2. The molecule has 0 fully saturated rings. The predicted molar refractivity (Wildman–Crippen MR) is 103 cm³/mol. The Morgan fingerprint density at radius 2 is 1.81 bits per heavy atom. The van der Waals surface area contributed by atoms with Crippen molar-refractivity contribution in [2.24, 2.45) is 5.41 Å². The van der Waals surface area contributed by atoms with Crippen LogP contribution in [0.25, 0.3) is 11.0 Å². The van der Waals surface area contributed by atoms with E-state index in [0.717, 1.165) is 16.7 Å². The van der Waals surface area contributed by atoms with Gasteiger partial charge in [0, 0.05) is 11.5 Å². The van der Waals surface area contributed by atoms with E-state index in [0.29, 0.717) is 30.1 Å². The summed E-state index contributed by atoms with van der Waals surface area (Å²) < 4.78 is 22.2. The molecule has 3 aromatic rings. The number of fused-ring (bicyclic) bond motifs is 1.